The maximum atomic E-state index is 9.47. The molecule has 0 saturated carbocycles. The number of aromatic nitrogens is 2. The number of hydrogen-bond acceptors (Lipinski definition) is 5. The van der Waals surface area contributed by atoms with Gasteiger partial charge in [-0.1, -0.05) is 0 Å². The van der Waals surface area contributed by atoms with Crippen molar-refractivity contribution >= 4 is 0 Å². The Bertz CT molecular complexity index is 589. The van der Waals surface area contributed by atoms with E-state index in [1.807, 2.05) is 0 Å². The second-order valence-electron chi connectivity index (χ2n) is 5.72. The minimum Gasteiger partial charge on any atom is -0.504 e. The van der Waals surface area contributed by atoms with Crippen molar-refractivity contribution in [2.45, 2.75) is 32.9 Å². The molecule has 5 nitrogen and oxygen atoms in total. The number of phenols is 2. The Kier molecular flexibility index (Phi) is 3.90. The van der Waals surface area contributed by atoms with Crippen molar-refractivity contribution in [3.05, 3.63) is 36.2 Å². The second-order valence-corrected chi connectivity index (χ2v) is 5.72. The largest absolute Gasteiger partial charge is 0.504 e. The molecule has 0 atom stereocenters. The van der Waals surface area contributed by atoms with Gasteiger partial charge in [0.25, 0.3) is 0 Å². The lowest BCUT2D eigenvalue weighted by Gasteiger charge is -2.20. The molecular formula is C15H19N3O2. The predicted octanol–water partition coefficient (Wildman–Crippen LogP) is 2.44. The lowest BCUT2D eigenvalue weighted by atomic mass is 10.1. The van der Waals surface area contributed by atoms with E-state index < -0.39 is 0 Å². The Morgan fingerprint density at radius 2 is 1.70 bits per heavy atom. The van der Waals surface area contributed by atoms with Crippen LogP contribution in [0.4, 0.5) is 0 Å². The van der Waals surface area contributed by atoms with Crippen LogP contribution in [-0.4, -0.2) is 25.7 Å². The Balaban J connectivity index is 2.13. The van der Waals surface area contributed by atoms with Gasteiger partial charge in [0.15, 0.2) is 17.3 Å². The zero-order chi connectivity index (χ0) is 14.8. The lowest BCUT2D eigenvalue weighted by Crippen LogP contribution is -2.35. The maximum Gasteiger partial charge on any atom is 0.159 e. The number of hydrogen-bond donors (Lipinski definition) is 3. The van der Waals surface area contributed by atoms with Crippen molar-refractivity contribution in [3.63, 3.8) is 0 Å². The summed E-state index contributed by atoms with van der Waals surface area (Å²) in [5.74, 6) is 0.184. The second kappa shape index (κ2) is 5.46. The average molecular weight is 273 g/mol. The highest BCUT2D eigenvalue weighted by Crippen LogP contribution is 2.28. The van der Waals surface area contributed by atoms with E-state index in [1.54, 1.807) is 18.5 Å². The third kappa shape index (κ3) is 3.68. The van der Waals surface area contributed by atoms with Gasteiger partial charge >= 0.3 is 0 Å². The first-order valence-corrected chi connectivity index (χ1v) is 6.43. The molecule has 0 unspecified atom stereocenters. The number of nitrogens with one attached hydrogen (secondary N) is 1. The summed E-state index contributed by atoms with van der Waals surface area (Å²) in [5.41, 5.74) is 1.70. The number of nitrogens with zero attached hydrogens (tertiary/aromatic N) is 2. The number of benzene rings is 1. The van der Waals surface area contributed by atoms with Gasteiger partial charge in [0.2, 0.25) is 0 Å². The quantitative estimate of drug-likeness (QED) is 0.749. The fourth-order valence-electron chi connectivity index (χ4n) is 1.62. The molecule has 5 heteroatoms. The van der Waals surface area contributed by atoms with Crippen LogP contribution in [0.25, 0.3) is 11.4 Å². The fraction of sp³-hybridized carbons (Fsp3) is 0.333. The third-order valence-electron chi connectivity index (χ3n) is 2.76. The molecule has 0 spiro atoms. The molecule has 20 heavy (non-hydrogen) atoms. The molecule has 0 fully saturated rings. The highest BCUT2D eigenvalue weighted by atomic mass is 16.3. The third-order valence-corrected chi connectivity index (χ3v) is 2.76. The predicted molar refractivity (Wildman–Crippen MR) is 77.4 cm³/mol. The van der Waals surface area contributed by atoms with Crippen LogP contribution in [0.2, 0.25) is 0 Å². The monoisotopic (exact) mass is 273 g/mol. The molecule has 1 heterocycles. The Morgan fingerprint density at radius 3 is 2.25 bits per heavy atom. The summed E-state index contributed by atoms with van der Waals surface area (Å²) < 4.78 is 0. The normalized spacial score (nSPS) is 11.6. The van der Waals surface area contributed by atoms with Crippen molar-refractivity contribution in [2.75, 3.05) is 0 Å². The average Bonchev–Trinajstić information content (AvgIpc) is 2.39. The minimum absolute atomic E-state index is 0.0431. The summed E-state index contributed by atoms with van der Waals surface area (Å²) in [4.78, 5) is 8.55. The number of phenolic OH excluding ortho intramolecular Hbond substituents is 2. The highest BCUT2D eigenvalue weighted by molar-refractivity contribution is 5.60. The van der Waals surface area contributed by atoms with Crippen LogP contribution < -0.4 is 5.32 Å². The van der Waals surface area contributed by atoms with E-state index >= 15 is 0 Å². The van der Waals surface area contributed by atoms with Crippen LogP contribution in [0.3, 0.4) is 0 Å². The Morgan fingerprint density at radius 1 is 1.05 bits per heavy atom. The molecule has 0 radical (unpaired) electrons. The first kappa shape index (κ1) is 14.3. The van der Waals surface area contributed by atoms with E-state index in [1.165, 1.54) is 12.1 Å². The van der Waals surface area contributed by atoms with Crippen LogP contribution >= 0.6 is 0 Å². The summed E-state index contributed by atoms with van der Waals surface area (Å²) >= 11 is 0. The minimum atomic E-state index is -0.176. The van der Waals surface area contributed by atoms with E-state index in [2.05, 4.69) is 36.1 Å². The molecule has 2 aromatic rings. The number of aromatic hydroxyl groups is 2. The van der Waals surface area contributed by atoms with Gasteiger partial charge in [-0.3, -0.25) is 0 Å². The van der Waals surface area contributed by atoms with E-state index in [0.717, 1.165) is 5.56 Å². The summed E-state index contributed by atoms with van der Waals surface area (Å²) in [6.07, 6.45) is 3.51. The molecule has 0 aliphatic heterocycles. The van der Waals surface area contributed by atoms with Gasteiger partial charge in [-0.15, -0.1) is 0 Å². The van der Waals surface area contributed by atoms with Crippen molar-refractivity contribution in [1.82, 2.24) is 15.3 Å². The summed E-state index contributed by atoms with van der Waals surface area (Å²) in [7, 11) is 0. The van der Waals surface area contributed by atoms with E-state index in [9.17, 15) is 10.2 Å². The van der Waals surface area contributed by atoms with Gasteiger partial charge in [0.1, 0.15) is 0 Å². The van der Waals surface area contributed by atoms with Crippen molar-refractivity contribution < 1.29 is 10.2 Å². The highest BCUT2D eigenvalue weighted by Gasteiger charge is 2.09. The maximum absolute atomic E-state index is 9.47. The van der Waals surface area contributed by atoms with Gasteiger partial charge in [0.05, 0.1) is 0 Å². The van der Waals surface area contributed by atoms with Gasteiger partial charge < -0.3 is 15.5 Å². The fourth-order valence-corrected chi connectivity index (χ4v) is 1.62. The van der Waals surface area contributed by atoms with Crippen molar-refractivity contribution in [1.29, 1.82) is 0 Å². The molecule has 1 aromatic heterocycles. The van der Waals surface area contributed by atoms with Gasteiger partial charge in [-0.2, -0.15) is 0 Å². The standard InChI is InChI=1S/C15H19N3O2/c1-15(2,3)18-9-10-7-16-14(17-8-10)11-4-5-12(19)13(20)6-11/h4-8,18-20H,9H2,1-3H3. The summed E-state index contributed by atoms with van der Waals surface area (Å²) in [5, 5.41) is 22.1. The smallest absolute Gasteiger partial charge is 0.159 e. The molecule has 0 aliphatic rings. The van der Waals surface area contributed by atoms with E-state index in [-0.39, 0.29) is 17.0 Å². The molecule has 0 aliphatic carbocycles. The molecule has 0 saturated heterocycles. The van der Waals surface area contributed by atoms with Gasteiger partial charge in [-0.05, 0) is 39.0 Å². The molecule has 0 amide bonds. The molecule has 1 aromatic carbocycles. The van der Waals surface area contributed by atoms with Gasteiger partial charge in [0, 0.05) is 35.6 Å². The van der Waals surface area contributed by atoms with Crippen molar-refractivity contribution in [3.8, 4) is 22.9 Å². The molecule has 3 N–H and O–H groups in total. The topological polar surface area (TPSA) is 78.3 Å². The number of rotatable bonds is 3. The molecule has 2 rings (SSSR count). The first-order valence-electron chi connectivity index (χ1n) is 6.43. The van der Waals surface area contributed by atoms with E-state index in [4.69, 9.17) is 0 Å². The van der Waals surface area contributed by atoms with Crippen LogP contribution in [0.15, 0.2) is 30.6 Å². The zero-order valence-electron chi connectivity index (χ0n) is 11.9. The zero-order valence-corrected chi connectivity index (χ0v) is 11.9. The Labute approximate surface area is 118 Å². The summed E-state index contributed by atoms with van der Waals surface area (Å²) in [6.45, 7) is 6.99. The lowest BCUT2D eigenvalue weighted by molar-refractivity contribution is 0.404. The summed E-state index contributed by atoms with van der Waals surface area (Å²) in [6, 6.07) is 4.53. The Hall–Kier alpha value is -2.14. The van der Waals surface area contributed by atoms with Crippen molar-refractivity contribution in [2.24, 2.45) is 0 Å². The van der Waals surface area contributed by atoms with E-state index in [0.29, 0.717) is 17.9 Å². The van der Waals surface area contributed by atoms with Crippen LogP contribution in [0.1, 0.15) is 26.3 Å². The molecule has 0 bridgehead atoms. The molecular weight excluding hydrogens is 254 g/mol. The SMILES string of the molecule is CC(C)(C)NCc1cnc(-c2ccc(O)c(O)c2)nc1. The molecule has 106 valence electrons. The first-order chi connectivity index (χ1) is 9.35. The van der Waals surface area contributed by atoms with Crippen LogP contribution in [-0.2, 0) is 6.54 Å². The van der Waals surface area contributed by atoms with Gasteiger partial charge in [-0.25, -0.2) is 9.97 Å². The van der Waals surface area contributed by atoms with Crippen LogP contribution in [0.5, 0.6) is 11.5 Å². The van der Waals surface area contributed by atoms with Crippen LogP contribution in [0, 0.1) is 0 Å².